The molecule has 0 aromatic carbocycles. The zero-order chi connectivity index (χ0) is 17.2. The van der Waals surface area contributed by atoms with Crippen LogP contribution in [0.25, 0.3) is 0 Å². The van der Waals surface area contributed by atoms with E-state index < -0.39 is 23.7 Å². The van der Waals surface area contributed by atoms with Crippen molar-refractivity contribution in [1.82, 2.24) is 9.80 Å². The van der Waals surface area contributed by atoms with Gasteiger partial charge in [0.1, 0.15) is 17.4 Å². The van der Waals surface area contributed by atoms with Crippen LogP contribution in [0.5, 0.6) is 0 Å². The van der Waals surface area contributed by atoms with Gasteiger partial charge in [-0.05, 0) is 39.8 Å². The zero-order valence-corrected chi connectivity index (χ0v) is 14.0. The van der Waals surface area contributed by atoms with Crippen molar-refractivity contribution >= 4 is 12.1 Å². The lowest BCUT2D eigenvalue weighted by Crippen LogP contribution is -2.58. The molecule has 2 atom stereocenters. The molecule has 7 nitrogen and oxygen atoms in total. The highest BCUT2D eigenvalue weighted by atomic mass is 16.6. The van der Waals surface area contributed by atoms with Gasteiger partial charge in [-0.1, -0.05) is 0 Å². The molecule has 1 aliphatic rings. The van der Waals surface area contributed by atoms with Crippen LogP contribution in [0.4, 0.5) is 4.79 Å². The number of rotatable bonds is 3. The molecule has 1 aromatic rings. The number of hydrogen-bond acceptors (Lipinski definition) is 5. The minimum atomic E-state index is -0.961. The maximum Gasteiger partial charge on any atom is 0.410 e. The predicted molar refractivity (Wildman–Crippen MR) is 83.1 cm³/mol. The fraction of sp³-hybridized carbons (Fsp3) is 0.625. The molecule has 0 radical (unpaired) electrons. The Morgan fingerprint density at radius 3 is 2.61 bits per heavy atom. The lowest BCUT2D eigenvalue weighted by Gasteiger charge is -2.41. The van der Waals surface area contributed by atoms with Crippen LogP contribution in [-0.2, 0) is 9.53 Å². The number of carboxylic acids is 1. The summed E-state index contributed by atoms with van der Waals surface area (Å²) in [5.74, 6) is -0.251. The van der Waals surface area contributed by atoms with Crippen molar-refractivity contribution in [2.45, 2.75) is 45.4 Å². The predicted octanol–water partition coefficient (Wildman–Crippen LogP) is 2.35. The van der Waals surface area contributed by atoms with E-state index in [1.54, 1.807) is 33.1 Å². The fourth-order valence-electron chi connectivity index (χ4n) is 2.67. The van der Waals surface area contributed by atoms with E-state index in [-0.39, 0.29) is 12.6 Å². The summed E-state index contributed by atoms with van der Waals surface area (Å²) in [5.41, 5.74) is -0.603. The van der Waals surface area contributed by atoms with Crippen molar-refractivity contribution in [3.05, 3.63) is 24.2 Å². The number of nitrogens with zero attached hydrogens (tertiary/aromatic N) is 2. The van der Waals surface area contributed by atoms with Crippen LogP contribution in [0.15, 0.2) is 22.8 Å². The van der Waals surface area contributed by atoms with Crippen LogP contribution in [0, 0.1) is 0 Å². The van der Waals surface area contributed by atoms with E-state index in [9.17, 15) is 14.7 Å². The van der Waals surface area contributed by atoms with Gasteiger partial charge < -0.3 is 19.2 Å². The Labute approximate surface area is 135 Å². The molecule has 0 saturated carbocycles. The van der Waals surface area contributed by atoms with Gasteiger partial charge in [0.2, 0.25) is 0 Å². The number of hydrogen-bond donors (Lipinski definition) is 1. The van der Waals surface area contributed by atoms with E-state index in [0.29, 0.717) is 18.8 Å². The van der Waals surface area contributed by atoms with Crippen molar-refractivity contribution in [3.8, 4) is 0 Å². The summed E-state index contributed by atoms with van der Waals surface area (Å²) in [5, 5.41) is 9.54. The average molecular weight is 324 g/mol. The summed E-state index contributed by atoms with van der Waals surface area (Å²) < 4.78 is 10.7. The van der Waals surface area contributed by atoms with E-state index in [1.807, 2.05) is 17.9 Å². The number of carbonyl (C=O) groups is 2. The van der Waals surface area contributed by atoms with Gasteiger partial charge in [-0.2, -0.15) is 0 Å². The first-order valence-corrected chi connectivity index (χ1v) is 7.69. The van der Waals surface area contributed by atoms with Gasteiger partial charge in [-0.15, -0.1) is 0 Å². The molecule has 1 aliphatic heterocycles. The highest BCUT2D eigenvalue weighted by Crippen LogP contribution is 2.26. The van der Waals surface area contributed by atoms with Crippen molar-refractivity contribution in [3.63, 3.8) is 0 Å². The molecule has 23 heavy (non-hydrogen) atoms. The quantitative estimate of drug-likeness (QED) is 0.919. The Hall–Kier alpha value is -2.02. The lowest BCUT2D eigenvalue weighted by atomic mass is 10.1. The topological polar surface area (TPSA) is 83.2 Å². The molecular weight excluding hydrogens is 300 g/mol. The van der Waals surface area contributed by atoms with E-state index in [0.717, 1.165) is 0 Å². The van der Waals surface area contributed by atoms with Crippen molar-refractivity contribution in [2.75, 3.05) is 19.6 Å². The number of amides is 1. The van der Waals surface area contributed by atoms with Crippen LogP contribution in [0.1, 0.15) is 39.5 Å². The largest absolute Gasteiger partial charge is 0.480 e. The molecule has 1 N–H and O–H groups in total. The smallest absolute Gasteiger partial charge is 0.410 e. The molecule has 1 saturated heterocycles. The molecule has 1 aromatic heterocycles. The van der Waals surface area contributed by atoms with Gasteiger partial charge in [0.15, 0.2) is 0 Å². The number of ether oxygens (including phenoxy) is 1. The number of carbonyl (C=O) groups excluding carboxylic acids is 1. The molecule has 0 aliphatic carbocycles. The van der Waals surface area contributed by atoms with Gasteiger partial charge in [0.25, 0.3) is 0 Å². The first-order valence-electron chi connectivity index (χ1n) is 7.69. The van der Waals surface area contributed by atoms with Crippen molar-refractivity contribution < 1.29 is 23.8 Å². The van der Waals surface area contributed by atoms with Crippen LogP contribution >= 0.6 is 0 Å². The summed E-state index contributed by atoms with van der Waals surface area (Å²) in [4.78, 5) is 27.1. The molecule has 2 rings (SSSR count). The van der Waals surface area contributed by atoms with E-state index in [4.69, 9.17) is 9.15 Å². The molecule has 128 valence electrons. The second-order valence-corrected chi connectivity index (χ2v) is 6.71. The van der Waals surface area contributed by atoms with Crippen LogP contribution in [0.3, 0.4) is 0 Å². The number of carboxylic acid groups (broad SMARTS) is 1. The normalized spacial score (nSPS) is 21.0. The third-order valence-corrected chi connectivity index (χ3v) is 3.81. The van der Waals surface area contributed by atoms with Gasteiger partial charge in [0.05, 0.1) is 18.8 Å². The molecule has 1 amide bonds. The maximum atomic E-state index is 12.2. The average Bonchev–Trinajstić information content (AvgIpc) is 2.98. The van der Waals surface area contributed by atoms with E-state index in [1.165, 1.54) is 4.90 Å². The Bertz CT molecular complexity index is 549. The third kappa shape index (κ3) is 4.25. The summed E-state index contributed by atoms with van der Waals surface area (Å²) in [6.07, 6.45) is 1.09. The second-order valence-electron chi connectivity index (χ2n) is 6.71. The zero-order valence-electron chi connectivity index (χ0n) is 14.0. The molecule has 2 heterocycles. The maximum absolute atomic E-state index is 12.2. The molecule has 0 bridgehead atoms. The monoisotopic (exact) mass is 324 g/mol. The highest BCUT2D eigenvalue weighted by Gasteiger charge is 2.38. The van der Waals surface area contributed by atoms with Crippen LogP contribution in [0.2, 0.25) is 0 Å². The van der Waals surface area contributed by atoms with Crippen LogP contribution < -0.4 is 0 Å². The third-order valence-electron chi connectivity index (χ3n) is 3.81. The van der Waals surface area contributed by atoms with Crippen molar-refractivity contribution in [1.29, 1.82) is 0 Å². The van der Waals surface area contributed by atoms with Gasteiger partial charge in [-0.3, -0.25) is 9.69 Å². The SMILES string of the molecule is C[C@H](c1ccco1)N1CCN(C(=O)OC(C)(C)C)C[C@H]1C(=O)O. The van der Waals surface area contributed by atoms with Crippen LogP contribution in [-0.4, -0.2) is 58.2 Å². The standard InChI is InChI=1S/C16H24N2O5/c1-11(13-6-5-9-22-13)18-8-7-17(10-12(18)14(19)20)15(21)23-16(2,3)4/h5-6,9,11-12H,7-8,10H2,1-4H3,(H,19,20)/t11-,12+/m1/s1. The Morgan fingerprint density at radius 1 is 1.39 bits per heavy atom. The fourth-order valence-corrected chi connectivity index (χ4v) is 2.67. The highest BCUT2D eigenvalue weighted by molar-refractivity contribution is 5.76. The number of furan rings is 1. The molecule has 0 spiro atoms. The minimum absolute atomic E-state index is 0.0926. The summed E-state index contributed by atoms with van der Waals surface area (Å²) >= 11 is 0. The second kappa shape index (κ2) is 6.62. The molecule has 1 fully saturated rings. The van der Waals surface area contributed by atoms with E-state index >= 15 is 0 Å². The Kier molecular flexibility index (Phi) is 4.99. The summed E-state index contributed by atoms with van der Waals surface area (Å²) in [6, 6.07) is 2.63. The number of aliphatic carboxylic acids is 1. The first-order chi connectivity index (χ1) is 10.7. The summed E-state index contributed by atoms with van der Waals surface area (Å²) in [7, 11) is 0. The summed E-state index contributed by atoms with van der Waals surface area (Å²) in [6.45, 7) is 8.22. The van der Waals surface area contributed by atoms with Gasteiger partial charge in [-0.25, -0.2) is 4.79 Å². The number of piperazine rings is 1. The Morgan fingerprint density at radius 2 is 2.09 bits per heavy atom. The van der Waals surface area contributed by atoms with Crippen molar-refractivity contribution in [2.24, 2.45) is 0 Å². The minimum Gasteiger partial charge on any atom is -0.480 e. The molecule has 0 unspecified atom stereocenters. The van der Waals surface area contributed by atoms with Gasteiger partial charge in [0, 0.05) is 13.1 Å². The lowest BCUT2D eigenvalue weighted by molar-refractivity contribution is -0.147. The molecular formula is C16H24N2O5. The first kappa shape index (κ1) is 17.3. The van der Waals surface area contributed by atoms with Gasteiger partial charge >= 0.3 is 12.1 Å². The van der Waals surface area contributed by atoms with E-state index in [2.05, 4.69) is 0 Å². The molecule has 7 heteroatoms. The Balaban J connectivity index is 2.09.